The van der Waals surface area contributed by atoms with Crippen molar-refractivity contribution in [2.45, 2.75) is 25.9 Å². The predicted octanol–water partition coefficient (Wildman–Crippen LogP) is 4.27. The Kier molecular flexibility index (Phi) is 5.39. The fourth-order valence-corrected chi connectivity index (χ4v) is 2.49. The normalized spacial score (nSPS) is 11.9. The molecule has 0 fully saturated rings. The molecule has 21 heavy (non-hydrogen) atoms. The van der Waals surface area contributed by atoms with Gasteiger partial charge in [-0.3, -0.25) is 4.79 Å². The van der Waals surface area contributed by atoms with Gasteiger partial charge in [-0.25, -0.2) is 0 Å². The summed E-state index contributed by atoms with van der Waals surface area (Å²) >= 11 is 3.40. The summed E-state index contributed by atoms with van der Waals surface area (Å²) < 4.78 is 6.29. The number of rotatable bonds is 5. The maximum Gasteiger partial charge on any atom is 0.306 e. The molecule has 2 rings (SSSR count). The first-order valence-corrected chi connectivity index (χ1v) is 7.59. The first-order chi connectivity index (χ1) is 10.0. The van der Waals surface area contributed by atoms with Gasteiger partial charge in [0.05, 0.1) is 6.42 Å². The molecule has 0 saturated carbocycles. The largest absolute Gasteiger partial charge is 0.461 e. The number of ether oxygens (including phenoxy) is 1. The summed E-state index contributed by atoms with van der Waals surface area (Å²) in [6.45, 7) is 2.30. The Morgan fingerprint density at radius 3 is 2.62 bits per heavy atom. The van der Waals surface area contributed by atoms with Crippen LogP contribution in [-0.2, 0) is 16.1 Å². The molecule has 1 unspecified atom stereocenters. The standard InChI is InChI=1S/C17H18BrNO2/c1-12(14-5-7-16(19)8-6-14)9-17(20)21-11-13-3-2-4-15(18)10-13/h2-8,10,12H,9,11,19H2,1H3. The molecule has 4 heteroatoms. The van der Waals surface area contributed by atoms with Gasteiger partial charge in [-0.05, 0) is 41.3 Å². The molecule has 0 radical (unpaired) electrons. The molecule has 0 spiro atoms. The molecule has 0 saturated heterocycles. The fourth-order valence-electron chi connectivity index (χ4n) is 2.04. The maximum absolute atomic E-state index is 11.9. The molecule has 0 heterocycles. The Bertz CT molecular complexity index is 610. The second-order valence-corrected chi connectivity index (χ2v) is 5.98. The Morgan fingerprint density at radius 1 is 1.24 bits per heavy atom. The zero-order valence-corrected chi connectivity index (χ0v) is 13.5. The highest BCUT2D eigenvalue weighted by Gasteiger charge is 2.12. The van der Waals surface area contributed by atoms with E-state index in [0.717, 1.165) is 21.3 Å². The second kappa shape index (κ2) is 7.27. The van der Waals surface area contributed by atoms with Crippen LogP contribution in [0, 0.1) is 0 Å². The van der Waals surface area contributed by atoms with E-state index in [1.807, 2.05) is 55.5 Å². The number of hydrogen-bond donors (Lipinski definition) is 1. The first-order valence-electron chi connectivity index (χ1n) is 6.80. The second-order valence-electron chi connectivity index (χ2n) is 5.06. The number of hydrogen-bond acceptors (Lipinski definition) is 3. The molecule has 110 valence electrons. The summed E-state index contributed by atoms with van der Waals surface area (Å²) in [4.78, 5) is 11.9. The molecule has 2 aromatic carbocycles. The van der Waals surface area contributed by atoms with Crippen molar-refractivity contribution in [1.82, 2.24) is 0 Å². The lowest BCUT2D eigenvalue weighted by atomic mass is 9.98. The zero-order valence-electron chi connectivity index (χ0n) is 11.9. The van der Waals surface area contributed by atoms with Gasteiger partial charge in [0, 0.05) is 10.2 Å². The van der Waals surface area contributed by atoms with E-state index in [1.165, 1.54) is 0 Å². The van der Waals surface area contributed by atoms with Crippen molar-refractivity contribution >= 4 is 27.6 Å². The molecular weight excluding hydrogens is 330 g/mol. The number of carbonyl (C=O) groups excluding carboxylic acids is 1. The van der Waals surface area contributed by atoms with Gasteiger partial charge in [-0.2, -0.15) is 0 Å². The minimum Gasteiger partial charge on any atom is -0.461 e. The van der Waals surface area contributed by atoms with Crippen LogP contribution in [0.15, 0.2) is 53.0 Å². The Hall–Kier alpha value is -1.81. The van der Waals surface area contributed by atoms with Crippen molar-refractivity contribution in [2.24, 2.45) is 0 Å². The summed E-state index contributed by atoms with van der Waals surface area (Å²) in [5.74, 6) is -0.0834. The highest BCUT2D eigenvalue weighted by Crippen LogP contribution is 2.21. The van der Waals surface area contributed by atoms with Crippen molar-refractivity contribution in [1.29, 1.82) is 0 Å². The van der Waals surface area contributed by atoms with E-state index in [4.69, 9.17) is 10.5 Å². The molecule has 0 amide bonds. The first kappa shape index (κ1) is 15.6. The molecule has 1 atom stereocenters. The van der Waals surface area contributed by atoms with Crippen molar-refractivity contribution in [3.8, 4) is 0 Å². The molecule has 0 aliphatic rings. The summed E-state index contributed by atoms with van der Waals surface area (Å²) in [5, 5.41) is 0. The van der Waals surface area contributed by atoms with Crippen LogP contribution in [0.5, 0.6) is 0 Å². The molecule has 0 aliphatic heterocycles. The molecule has 3 nitrogen and oxygen atoms in total. The third-order valence-corrected chi connectivity index (χ3v) is 3.76. The van der Waals surface area contributed by atoms with Crippen LogP contribution in [-0.4, -0.2) is 5.97 Å². The van der Waals surface area contributed by atoms with Crippen LogP contribution in [0.3, 0.4) is 0 Å². The van der Waals surface area contributed by atoms with Crippen molar-refractivity contribution in [2.75, 3.05) is 5.73 Å². The summed E-state index contributed by atoms with van der Waals surface area (Å²) in [5.41, 5.74) is 8.44. The maximum atomic E-state index is 11.9. The van der Waals surface area contributed by atoms with E-state index in [0.29, 0.717) is 13.0 Å². The lowest BCUT2D eigenvalue weighted by Gasteiger charge is -2.12. The van der Waals surface area contributed by atoms with Crippen LogP contribution in [0.25, 0.3) is 0 Å². The number of benzene rings is 2. The van der Waals surface area contributed by atoms with Crippen LogP contribution >= 0.6 is 15.9 Å². The van der Waals surface area contributed by atoms with E-state index < -0.39 is 0 Å². The van der Waals surface area contributed by atoms with Crippen LogP contribution in [0.4, 0.5) is 5.69 Å². The molecule has 0 bridgehead atoms. The van der Waals surface area contributed by atoms with E-state index >= 15 is 0 Å². The van der Waals surface area contributed by atoms with E-state index in [1.54, 1.807) is 0 Å². The van der Waals surface area contributed by atoms with E-state index in [-0.39, 0.29) is 11.9 Å². The Labute approximate surface area is 133 Å². The lowest BCUT2D eigenvalue weighted by Crippen LogP contribution is -2.08. The van der Waals surface area contributed by atoms with Crippen LogP contribution < -0.4 is 5.73 Å². The van der Waals surface area contributed by atoms with Crippen molar-refractivity contribution in [3.05, 3.63) is 64.1 Å². The SMILES string of the molecule is CC(CC(=O)OCc1cccc(Br)c1)c1ccc(N)cc1. The zero-order chi connectivity index (χ0) is 15.2. The number of halogens is 1. The van der Waals surface area contributed by atoms with Gasteiger partial charge in [0.1, 0.15) is 6.61 Å². The van der Waals surface area contributed by atoms with E-state index in [2.05, 4.69) is 15.9 Å². The average Bonchev–Trinajstić information content (AvgIpc) is 2.46. The monoisotopic (exact) mass is 347 g/mol. The lowest BCUT2D eigenvalue weighted by molar-refractivity contribution is -0.145. The number of nitrogens with two attached hydrogens (primary N) is 1. The topological polar surface area (TPSA) is 52.3 Å². The molecular formula is C17H18BrNO2. The van der Waals surface area contributed by atoms with Gasteiger partial charge < -0.3 is 10.5 Å². The van der Waals surface area contributed by atoms with Gasteiger partial charge in [0.25, 0.3) is 0 Å². The molecule has 0 aliphatic carbocycles. The smallest absolute Gasteiger partial charge is 0.306 e. The van der Waals surface area contributed by atoms with Gasteiger partial charge in [0.15, 0.2) is 0 Å². The number of esters is 1. The summed E-state index contributed by atoms with van der Waals surface area (Å²) in [7, 11) is 0. The van der Waals surface area contributed by atoms with Crippen LogP contribution in [0.1, 0.15) is 30.4 Å². The van der Waals surface area contributed by atoms with Crippen LogP contribution in [0.2, 0.25) is 0 Å². The summed E-state index contributed by atoms with van der Waals surface area (Å²) in [6, 6.07) is 15.3. The Balaban J connectivity index is 1.85. The molecule has 0 aromatic heterocycles. The highest BCUT2D eigenvalue weighted by atomic mass is 79.9. The number of anilines is 1. The highest BCUT2D eigenvalue weighted by molar-refractivity contribution is 9.10. The predicted molar refractivity (Wildman–Crippen MR) is 87.8 cm³/mol. The molecule has 2 aromatic rings. The van der Waals surface area contributed by atoms with Gasteiger partial charge in [0.2, 0.25) is 0 Å². The van der Waals surface area contributed by atoms with Gasteiger partial charge >= 0.3 is 5.97 Å². The number of nitrogen functional groups attached to an aromatic ring is 1. The van der Waals surface area contributed by atoms with Crippen molar-refractivity contribution in [3.63, 3.8) is 0 Å². The number of carbonyl (C=O) groups is 1. The fraction of sp³-hybridized carbons (Fsp3) is 0.235. The van der Waals surface area contributed by atoms with Crippen molar-refractivity contribution < 1.29 is 9.53 Å². The minimum atomic E-state index is -0.195. The molecule has 2 N–H and O–H groups in total. The van der Waals surface area contributed by atoms with Gasteiger partial charge in [-0.1, -0.05) is 47.1 Å². The Morgan fingerprint density at radius 2 is 1.95 bits per heavy atom. The summed E-state index contributed by atoms with van der Waals surface area (Å²) in [6.07, 6.45) is 0.359. The third kappa shape index (κ3) is 4.90. The van der Waals surface area contributed by atoms with E-state index in [9.17, 15) is 4.79 Å². The van der Waals surface area contributed by atoms with Gasteiger partial charge in [-0.15, -0.1) is 0 Å². The quantitative estimate of drug-likeness (QED) is 0.649. The average molecular weight is 348 g/mol. The minimum absolute atomic E-state index is 0.112. The third-order valence-electron chi connectivity index (χ3n) is 3.27.